The van der Waals surface area contributed by atoms with Gasteiger partial charge in [0.25, 0.3) is 0 Å². The van der Waals surface area contributed by atoms with E-state index in [4.69, 9.17) is 0 Å². The fourth-order valence-corrected chi connectivity index (χ4v) is 10.6. The van der Waals surface area contributed by atoms with Crippen molar-refractivity contribution in [2.45, 2.75) is 13.8 Å². The smallest absolute Gasteiger partial charge is 0.418 e. The molecule has 6 heteroatoms. The second-order valence-electron chi connectivity index (χ2n) is 9.71. The maximum absolute atomic E-state index is 9.75. The summed E-state index contributed by atoms with van der Waals surface area (Å²) in [5, 5.41) is 5.73. The molecule has 40 heavy (non-hydrogen) atoms. The molecular formula is C34H28BF4P. The van der Waals surface area contributed by atoms with Crippen molar-refractivity contribution < 1.29 is 17.3 Å². The molecule has 0 aromatic heterocycles. The zero-order valence-electron chi connectivity index (χ0n) is 22.2. The van der Waals surface area contributed by atoms with Crippen molar-refractivity contribution >= 4 is 41.3 Å². The van der Waals surface area contributed by atoms with Gasteiger partial charge in [-0.25, -0.2) is 0 Å². The highest BCUT2D eigenvalue weighted by Crippen LogP contribution is 2.73. The zero-order valence-corrected chi connectivity index (χ0v) is 23.1. The van der Waals surface area contributed by atoms with Crippen molar-refractivity contribution in [3.8, 4) is 0 Å². The molecule has 1 heterocycles. The van der Waals surface area contributed by atoms with E-state index < -0.39 is 14.5 Å². The third-order valence-corrected chi connectivity index (χ3v) is 11.6. The lowest BCUT2D eigenvalue weighted by Gasteiger charge is -2.27. The van der Waals surface area contributed by atoms with Crippen LogP contribution in [-0.4, -0.2) is 7.25 Å². The van der Waals surface area contributed by atoms with Gasteiger partial charge in [0, 0.05) is 16.7 Å². The summed E-state index contributed by atoms with van der Waals surface area (Å²) in [6.07, 6.45) is 0. The van der Waals surface area contributed by atoms with Crippen LogP contribution in [0.2, 0.25) is 0 Å². The minimum atomic E-state index is -6.00. The molecule has 1 aliphatic heterocycles. The van der Waals surface area contributed by atoms with Crippen LogP contribution in [-0.2, 0) is 0 Å². The molecule has 0 aliphatic carbocycles. The summed E-state index contributed by atoms with van der Waals surface area (Å²) >= 11 is 0. The Morgan fingerprint density at radius 3 is 1.30 bits per heavy atom. The summed E-state index contributed by atoms with van der Waals surface area (Å²) in [7, 11) is -8.16. The number of aryl methyl sites for hydroxylation is 2. The molecule has 0 fully saturated rings. The van der Waals surface area contributed by atoms with Crippen LogP contribution in [0, 0.1) is 13.8 Å². The molecule has 5 aromatic rings. The lowest BCUT2D eigenvalue weighted by Crippen LogP contribution is -2.30. The molecule has 0 spiro atoms. The normalized spacial score (nSPS) is 13.8. The molecule has 6 rings (SSSR count). The van der Waals surface area contributed by atoms with Crippen molar-refractivity contribution in [1.29, 1.82) is 0 Å². The highest BCUT2D eigenvalue weighted by Gasteiger charge is 2.57. The number of hydrogen-bond acceptors (Lipinski definition) is 0. The molecule has 0 N–H and O–H groups in total. The number of fused-ring (bicyclic) bond motifs is 1. The molecule has 0 amide bonds. The van der Waals surface area contributed by atoms with Gasteiger partial charge in [0.2, 0.25) is 0 Å². The van der Waals surface area contributed by atoms with Gasteiger partial charge in [-0.15, -0.1) is 0 Å². The zero-order chi connectivity index (χ0) is 28.3. The fourth-order valence-electron chi connectivity index (χ4n) is 5.66. The summed E-state index contributed by atoms with van der Waals surface area (Å²) in [6.45, 7) is 4.50. The highest BCUT2D eigenvalue weighted by molar-refractivity contribution is 8.04. The molecule has 1 aliphatic rings. The Kier molecular flexibility index (Phi) is 7.78. The number of hydrogen-bond donors (Lipinski definition) is 0. The molecule has 0 nitrogen and oxygen atoms in total. The Balaban J connectivity index is 0.000000595. The van der Waals surface area contributed by atoms with Crippen LogP contribution >= 0.6 is 7.26 Å². The van der Waals surface area contributed by atoms with Crippen LogP contribution in [0.5, 0.6) is 0 Å². The van der Waals surface area contributed by atoms with Crippen molar-refractivity contribution in [3.63, 3.8) is 0 Å². The molecule has 5 aromatic carbocycles. The van der Waals surface area contributed by atoms with Crippen molar-refractivity contribution in [2.24, 2.45) is 0 Å². The van der Waals surface area contributed by atoms with Crippen molar-refractivity contribution in [1.82, 2.24) is 0 Å². The van der Waals surface area contributed by atoms with Gasteiger partial charge in [-0.2, -0.15) is 0 Å². The fraction of sp³-hybridized carbons (Fsp3) is 0.0588. The second-order valence-corrected chi connectivity index (χ2v) is 13.0. The molecule has 200 valence electrons. The number of benzene rings is 5. The van der Waals surface area contributed by atoms with Gasteiger partial charge in [0.1, 0.15) is 28.5 Å². The maximum Gasteiger partial charge on any atom is 0.673 e. The van der Waals surface area contributed by atoms with E-state index in [0.29, 0.717) is 0 Å². The van der Waals surface area contributed by atoms with Crippen LogP contribution in [0.4, 0.5) is 17.3 Å². The van der Waals surface area contributed by atoms with E-state index >= 15 is 0 Å². The largest absolute Gasteiger partial charge is 0.673 e. The molecule has 0 saturated heterocycles. The monoisotopic (exact) mass is 554 g/mol. The first kappa shape index (κ1) is 27.6. The van der Waals surface area contributed by atoms with Crippen LogP contribution in [0.15, 0.2) is 133 Å². The van der Waals surface area contributed by atoms with Gasteiger partial charge in [0.05, 0.1) is 0 Å². The van der Waals surface area contributed by atoms with E-state index in [0.717, 1.165) is 0 Å². The summed E-state index contributed by atoms with van der Waals surface area (Å²) in [5.41, 5.74) is 8.05. The first-order valence-electron chi connectivity index (χ1n) is 13.1. The minimum absolute atomic E-state index is 1.31. The van der Waals surface area contributed by atoms with Crippen LogP contribution in [0.25, 0.3) is 10.9 Å². The third-order valence-electron chi connectivity index (χ3n) is 7.21. The predicted octanol–water partition coefficient (Wildman–Crippen LogP) is 8.83. The van der Waals surface area contributed by atoms with Gasteiger partial charge >= 0.3 is 7.25 Å². The Hall–Kier alpha value is -3.95. The highest BCUT2D eigenvalue weighted by atomic mass is 31.2. The van der Waals surface area contributed by atoms with E-state index in [1.165, 1.54) is 54.6 Å². The maximum atomic E-state index is 9.75. The molecule has 0 radical (unpaired) electrons. The van der Waals surface area contributed by atoms with Gasteiger partial charge in [-0.3, -0.25) is 0 Å². The topological polar surface area (TPSA) is 0 Å². The third kappa shape index (κ3) is 5.14. The van der Waals surface area contributed by atoms with Crippen LogP contribution in [0.1, 0.15) is 27.8 Å². The predicted molar refractivity (Wildman–Crippen MR) is 164 cm³/mol. The lowest BCUT2D eigenvalue weighted by molar-refractivity contribution is 0.368. The number of halogens is 4. The summed E-state index contributed by atoms with van der Waals surface area (Å²) in [6, 6.07) is 49.4. The Labute approximate surface area is 233 Å². The van der Waals surface area contributed by atoms with Crippen molar-refractivity contribution in [3.05, 3.63) is 161 Å². The van der Waals surface area contributed by atoms with Crippen LogP contribution in [0.3, 0.4) is 0 Å². The SMILES string of the molecule is Cc1ccccc1C1=C(c2ccccc2C)[P+](c2ccccc2)(c2ccccc2)c2ccccc21.F[B-](F)(F)F. The first-order valence-corrected chi connectivity index (χ1v) is 14.9. The standard InChI is InChI=1S/C34H28P.BF4/c1-25-15-9-11-21-29(25)33-31-23-13-14-24-32(31)35(27-17-5-3-6-18-27,28-19-7-4-8-20-28)34(33)30-22-12-10-16-26(30)2;2-1(3,4)5/h3-24H,1-2H3;/q+1;-1. The average molecular weight is 554 g/mol. The summed E-state index contributed by atoms with van der Waals surface area (Å²) in [5.74, 6) is 0. The van der Waals surface area contributed by atoms with Crippen LogP contribution < -0.4 is 15.9 Å². The second kappa shape index (κ2) is 11.3. The van der Waals surface area contributed by atoms with E-state index in [1.807, 2.05) is 0 Å². The number of rotatable bonds is 4. The summed E-state index contributed by atoms with van der Waals surface area (Å²) < 4.78 is 39.0. The van der Waals surface area contributed by atoms with E-state index in [-0.39, 0.29) is 0 Å². The van der Waals surface area contributed by atoms with Gasteiger partial charge in [-0.05, 0) is 60.9 Å². The van der Waals surface area contributed by atoms with E-state index in [2.05, 4.69) is 147 Å². The molecular weight excluding hydrogens is 526 g/mol. The van der Waals surface area contributed by atoms with Gasteiger partial charge < -0.3 is 17.3 Å². The minimum Gasteiger partial charge on any atom is -0.418 e. The van der Waals surface area contributed by atoms with Gasteiger partial charge in [0.15, 0.2) is 0 Å². The lowest BCUT2D eigenvalue weighted by atomic mass is 9.92. The Morgan fingerprint density at radius 1 is 0.450 bits per heavy atom. The molecule has 0 atom stereocenters. The van der Waals surface area contributed by atoms with Crippen molar-refractivity contribution in [2.75, 3.05) is 0 Å². The van der Waals surface area contributed by atoms with Gasteiger partial charge in [-0.1, -0.05) is 103 Å². The average Bonchev–Trinajstić information content (AvgIpc) is 3.25. The summed E-state index contributed by atoms with van der Waals surface area (Å²) in [4.78, 5) is 0. The van der Waals surface area contributed by atoms with E-state index in [9.17, 15) is 17.3 Å². The Morgan fingerprint density at radius 2 is 0.825 bits per heavy atom. The molecule has 0 unspecified atom stereocenters. The quantitative estimate of drug-likeness (QED) is 0.118. The molecule has 0 saturated carbocycles. The molecule has 0 bridgehead atoms. The Bertz CT molecular complexity index is 1620. The van der Waals surface area contributed by atoms with E-state index in [1.54, 1.807) is 0 Å². The first-order chi connectivity index (χ1) is 19.2.